The highest BCUT2D eigenvalue weighted by Gasteiger charge is 2.30. The molecule has 0 saturated carbocycles. The quantitative estimate of drug-likeness (QED) is 0.0205. The number of nitrogens with zero attached hydrogens (tertiary/aromatic N) is 1. The van der Waals surface area contributed by atoms with Gasteiger partial charge in [-0.05, 0) is 109 Å². The van der Waals surface area contributed by atoms with Crippen molar-refractivity contribution >= 4 is 19.7 Å². The molecule has 0 aromatic rings. The molecule has 75 heavy (non-hydrogen) atoms. The number of carbonyl (C=O) groups excluding carboxylic acids is 2. The molecule has 1 amide bonds. The van der Waals surface area contributed by atoms with Gasteiger partial charge in [0, 0.05) is 12.8 Å². The molecule has 0 aromatic carbocycles. The van der Waals surface area contributed by atoms with Crippen molar-refractivity contribution in [3.8, 4) is 0 Å². The van der Waals surface area contributed by atoms with Crippen molar-refractivity contribution in [3.05, 3.63) is 97.2 Å². The molecule has 0 rings (SSSR count). The molecule has 0 aliphatic carbocycles. The first kappa shape index (κ1) is 71.9. The van der Waals surface area contributed by atoms with Crippen LogP contribution in [0.3, 0.4) is 0 Å². The number of carbonyl (C=O) groups is 2. The number of amides is 1. The van der Waals surface area contributed by atoms with Gasteiger partial charge in [-0.25, -0.2) is 4.57 Å². The van der Waals surface area contributed by atoms with Gasteiger partial charge in [0.05, 0.1) is 33.8 Å². The molecule has 0 fully saturated rings. The van der Waals surface area contributed by atoms with E-state index in [1.165, 1.54) is 109 Å². The number of hydrogen-bond acceptors (Lipinski definition) is 6. The van der Waals surface area contributed by atoms with Crippen molar-refractivity contribution in [2.75, 3.05) is 40.9 Å². The first-order chi connectivity index (χ1) is 36.4. The molecule has 3 unspecified atom stereocenters. The van der Waals surface area contributed by atoms with Crippen LogP contribution < -0.4 is 5.32 Å². The Bertz CT molecular complexity index is 1610. The maximum absolute atomic E-state index is 13.5. The summed E-state index contributed by atoms with van der Waals surface area (Å²) >= 11 is 0. The van der Waals surface area contributed by atoms with Gasteiger partial charge in [0.2, 0.25) is 5.91 Å². The molecule has 0 spiro atoms. The van der Waals surface area contributed by atoms with Crippen LogP contribution in [0.25, 0.3) is 0 Å². The SMILES string of the molecule is CC/C=C\C/C=C\C/C=C\C/C=C\C/C=C\C/C=C\CCCCC(=O)OC(/C=C\CCCCCCCCCCCCC)C(COP(=O)(O)OCC[N+](C)(C)C)NC(=O)CCCCCCCCC/C=C\CCCCCC. The lowest BCUT2D eigenvalue weighted by atomic mass is 10.0. The van der Waals surface area contributed by atoms with Crippen LogP contribution in [0.5, 0.6) is 0 Å². The van der Waals surface area contributed by atoms with E-state index >= 15 is 0 Å². The highest BCUT2D eigenvalue weighted by Crippen LogP contribution is 2.43. The molecular weight excluding hydrogens is 952 g/mol. The Balaban J connectivity index is 5.40. The summed E-state index contributed by atoms with van der Waals surface area (Å²) in [5, 5.41) is 3.04. The van der Waals surface area contributed by atoms with E-state index in [1.807, 2.05) is 33.3 Å². The van der Waals surface area contributed by atoms with E-state index < -0.39 is 20.0 Å². The molecule has 0 saturated heterocycles. The first-order valence-corrected chi connectivity index (χ1v) is 32.1. The lowest BCUT2D eigenvalue weighted by Gasteiger charge is -2.27. The summed E-state index contributed by atoms with van der Waals surface area (Å²) < 4.78 is 30.6. The van der Waals surface area contributed by atoms with Crippen LogP contribution in [0.15, 0.2) is 97.2 Å². The predicted molar refractivity (Wildman–Crippen MR) is 323 cm³/mol. The standard InChI is InChI=1S/C65H115N2O7P/c1-7-10-13-16-19-22-25-28-30-31-32-33-34-35-37-40-43-46-49-52-55-58-65(69)74-63(56-53-50-47-44-41-38-27-24-21-18-15-12-9-3)62(61-73-75(70,71)72-60-59-67(4,5)6)66-64(68)57-54-51-48-45-42-39-36-29-26-23-20-17-14-11-8-2/h10,13,19,22-23,26,28,30,32-33,35,37,43,46,53,56,62-63H,7-9,11-12,14-18,20-21,24-25,27,29,31,34,36,38-42,44-45,47-52,54-55,57-61H2,1-6H3,(H-,66,68,70,71)/p+1/b13-10-,22-19-,26-23-,30-28-,33-32-,37-35-,46-43-,56-53-. The number of phosphoric ester groups is 1. The zero-order valence-corrected chi connectivity index (χ0v) is 50.2. The van der Waals surface area contributed by atoms with Crippen molar-refractivity contribution in [1.29, 1.82) is 0 Å². The Morgan fingerprint density at radius 2 is 0.853 bits per heavy atom. The number of likely N-dealkylation sites (N-methyl/N-ethyl adjacent to an activating group) is 1. The largest absolute Gasteiger partial charge is 0.472 e. The topological polar surface area (TPSA) is 111 Å². The zero-order chi connectivity index (χ0) is 55.0. The summed E-state index contributed by atoms with van der Waals surface area (Å²) in [6.45, 7) is 6.85. The Hall–Kier alpha value is -3.07. The van der Waals surface area contributed by atoms with Crippen LogP contribution in [-0.2, 0) is 27.9 Å². The molecule has 3 atom stereocenters. The molecule has 432 valence electrons. The van der Waals surface area contributed by atoms with Gasteiger partial charge in [0.1, 0.15) is 19.3 Å². The van der Waals surface area contributed by atoms with E-state index in [1.54, 1.807) is 0 Å². The normalized spacial score (nSPS) is 14.4. The number of hydrogen-bond donors (Lipinski definition) is 2. The number of nitrogens with one attached hydrogen (secondary N) is 1. The minimum Gasteiger partial charge on any atom is -0.456 e. The maximum atomic E-state index is 13.5. The Morgan fingerprint density at radius 3 is 1.32 bits per heavy atom. The summed E-state index contributed by atoms with van der Waals surface area (Å²) in [6.07, 6.45) is 72.6. The highest BCUT2D eigenvalue weighted by molar-refractivity contribution is 7.47. The van der Waals surface area contributed by atoms with E-state index in [0.717, 1.165) is 103 Å². The van der Waals surface area contributed by atoms with E-state index in [2.05, 4.69) is 111 Å². The molecule has 0 heterocycles. The lowest BCUT2D eigenvalue weighted by molar-refractivity contribution is -0.870. The van der Waals surface area contributed by atoms with Crippen molar-refractivity contribution in [2.24, 2.45) is 0 Å². The highest BCUT2D eigenvalue weighted by atomic mass is 31.2. The third kappa shape index (κ3) is 55.5. The fourth-order valence-electron chi connectivity index (χ4n) is 8.29. The zero-order valence-electron chi connectivity index (χ0n) is 49.3. The molecule has 2 N–H and O–H groups in total. The van der Waals surface area contributed by atoms with Gasteiger partial charge >= 0.3 is 13.8 Å². The maximum Gasteiger partial charge on any atom is 0.472 e. The minimum atomic E-state index is -4.46. The van der Waals surface area contributed by atoms with Crippen LogP contribution in [0, 0.1) is 0 Å². The third-order valence-electron chi connectivity index (χ3n) is 13.0. The van der Waals surface area contributed by atoms with Crippen molar-refractivity contribution in [1.82, 2.24) is 5.32 Å². The third-order valence-corrected chi connectivity index (χ3v) is 14.0. The second-order valence-electron chi connectivity index (χ2n) is 21.5. The lowest BCUT2D eigenvalue weighted by Crippen LogP contribution is -2.47. The van der Waals surface area contributed by atoms with Gasteiger partial charge in [-0.15, -0.1) is 0 Å². The van der Waals surface area contributed by atoms with Crippen molar-refractivity contribution in [3.63, 3.8) is 0 Å². The predicted octanol–water partition coefficient (Wildman–Crippen LogP) is 18.8. The van der Waals surface area contributed by atoms with E-state index in [4.69, 9.17) is 13.8 Å². The van der Waals surface area contributed by atoms with Gasteiger partial charge in [0.25, 0.3) is 0 Å². The molecular formula is C65H116N2O7P+. The monoisotopic (exact) mass is 1070 g/mol. The average molecular weight is 1070 g/mol. The van der Waals surface area contributed by atoms with Crippen molar-refractivity contribution < 1.29 is 37.3 Å². The van der Waals surface area contributed by atoms with Gasteiger partial charge in [-0.2, -0.15) is 0 Å². The summed E-state index contributed by atoms with van der Waals surface area (Å²) in [7, 11) is 1.46. The van der Waals surface area contributed by atoms with Gasteiger partial charge in [-0.3, -0.25) is 18.6 Å². The second kappa shape index (κ2) is 54.3. The number of unbranched alkanes of at least 4 members (excludes halogenated alkanes) is 24. The Labute approximate surface area is 462 Å². The number of ether oxygens (including phenoxy) is 1. The number of rotatable bonds is 54. The molecule has 0 bridgehead atoms. The Morgan fingerprint density at radius 1 is 0.480 bits per heavy atom. The molecule has 0 radical (unpaired) electrons. The minimum absolute atomic E-state index is 0.0282. The van der Waals surface area contributed by atoms with Gasteiger partial charge in [-0.1, -0.05) is 227 Å². The average Bonchev–Trinajstić information content (AvgIpc) is 3.37. The number of quaternary nitrogens is 1. The molecule has 0 aliphatic rings. The fraction of sp³-hybridized carbons (Fsp3) is 0.723. The Kier molecular flexibility index (Phi) is 52.1. The molecule has 0 aromatic heterocycles. The summed E-state index contributed by atoms with van der Waals surface area (Å²) in [6, 6.07) is -0.873. The molecule has 0 aliphatic heterocycles. The van der Waals surface area contributed by atoms with Crippen LogP contribution in [0.1, 0.15) is 252 Å². The van der Waals surface area contributed by atoms with E-state index in [0.29, 0.717) is 23.9 Å². The summed E-state index contributed by atoms with van der Waals surface area (Å²) in [4.78, 5) is 37.7. The number of esters is 1. The number of allylic oxidation sites excluding steroid dienone is 15. The fourth-order valence-corrected chi connectivity index (χ4v) is 9.03. The number of phosphoric acid groups is 1. The van der Waals surface area contributed by atoms with Crippen LogP contribution in [0.4, 0.5) is 0 Å². The van der Waals surface area contributed by atoms with E-state index in [-0.39, 0.29) is 31.5 Å². The van der Waals surface area contributed by atoms with Crippen LogP contribution in [0.2, 0.25) is 0 Å². The van der Waals surface area contributed by atoms with Gasteiger partial charge < -0.3 is 19.4 Å². The second-order valence-corrected chi connectivity index (χ2v) is 22.9. The molecule has 9 nitrogen and oxygen atoms in total. The van der Waals surface area contributed by atoms with Crippen molar-refractivity contribution in [2.45, 2.75) is 264 Å². The smallest absolute Gasteiger partial charge is 0.456 e. The summed E-state index contributed by atoms with van der Waals surface area (Å²) in [5.74, 6) is -0.564. The summed E-state index contributed by atoms with van der Waals surface area (Å²) in [5.41, 5.74) is 0. The van der Waals surface area contributed by atoms with Crippen LogP contribution >= 0.6 is 7.82 Å². The first-order valence-electron chi connectivity index (χ1n) is 30.6. The van der Waals surface area contributed by atoms with E-state index in [9.17, 15) is 19.0 Å². The van der Waals surface area contributed by atoms with Gasteiger partial charge in [0.15, 0.2) is 0 Å². The molecule has 10 heteroatoms. The van der Waals surface area contributed by atoms with Crippen LogP contribution in [-0.4, -0.2) is 74.3 Å².